The van der Waals surface area contributed by atoms with Gasteiger partial charge in [-0.15, -0.1) is 0 Å². The van der Waals surface area contributed by atoms with Crippen LogP contribution in [-0.2, 0) is 23.9 Å². The SMILES string of the molecule is C=C(C(=O)OCCCOC(=O)C1CCCCC1C(=O)O)C(C)C. The fourth-order valence-corrected chi connectivity index (χ4v) is 2.54. The topological polar surface area (TPSA) is 89.9 Å². The quantitative estimate of drug-likeness (QED) is 0.419. The predicted octanol–water partition coefficient (Wildman–Crippen LogP) is 2.57. The van der Waals surface area contributed by atoms with Gasteiger partial charge in [0.05, 0.1) is 25.0 Å². The number of hydrogen-bond donors (Lipinski definition) is 1. The normalized spacial score (nSPS) is 20.8. The van der Waals surface area contributed by atoms with Crippen molar-refractivity contribution >= 4 is 17.9 Å². The Balaban J connectivity index is 2.27. The van der Waals surface area contributed by atoms with E-state index in [0.29, 0.717) is 24.8 Å². The molecule has 0 spiro atoms. The smallest absolute Gasteiger partial charge is 0.333 e. The van der Waals surface area contributed by atoms with Gasteiger partial charge in [0, 0.05) is 12.0 Å². The third kappa shape index (κ3) is 6.04. The molecule has 1 aliphatic rings. The zero-order valence-corrected chi connectivity index (χ0v) is 13.9. The molecular weight excluding hydrogens is 300 g/mol. The maximum atomic E-state index is 12.0. The molecule has 0 aromatic carbocycles. The van der Waals surface area contributed by atoms with Crippen LogP contribution < -0.4 is 0 Å². The van der Waals surface area contributed by atoms with E-state index in [2.05, 4.69) is 6.58 Å². The van der Waals surface area contributed by atoms with Gasteiger partial charge in [0.1, 0.15) is 0 Å². The Labute approximate surface area is 136 Å². The molecule has 0 bridgehead atoms. The minimum Gasteiger partial charge on any atom is -0.481 e. The molecule has 130 valence electrons. The van der Waals surface area contributed by atoms with Gasteiger partial charge in [0.25, 0.3) is 0 Å². The van der Waals surface area contributed by atoms with Gasteiger partial charge < -0.3 is 14.6 Å². The van der Waals surface area contributed by atoms with E-state index in [1.165, 1.54) is 0 Å². The Morgan fingerprint density at radius 3 is 2.22 bits per heavy atom. The van der Waals surface area contributed by atoms with Crippen molar-refractivity contribution in [3.05, 3.63) is 12.2 Å². The van der Waals surface area contributed by atoms with Crippen LogP contribution in [0.15, 0.2) is 12.2 Å². The van der Waals surface area contributed by atoms with Gasteiger partial charge in [-0.05, 0) is 18.8 Å². The summed E-state index contributed by atoms with van der Waals surface area (Å²) in [5, 5.41) is 9.15. The van der Waals surface area contributed by atoms with Crippen LogP contribution in [0.3, 0.4) is 0 Å². The molecule has 0 aromatic rings. The zero-order chi connectivity index (χ0) is 17.4. The van der Waals surface area contributed by atoms with Crippen molar-refractivity contribution in [2.24, 2.45) is 17.8 Å². The molecule has 0 aliphatic heterocycles. The van der Waals surface area contributed by atoms with Crippen LogP contribution in [0.4, 0.5) is 0 Å². The number of rotatable bonds is 8. The molecule has 2 unspecified atom stereocenters. The molecule has 1 saturated carbocycles. The molecule has 6 nitrogen and oxygen atoms in total. The third-order valence-corrected chi connectivity index (χ3v) is 4.11. The number of ether oxygens (including phenoxy) is 2. The average Bonchev–Trinajstić information content (AvgIpc) is 2.53. The third-order valence-electron chi connectivity index (χ3n) is 4.11. The van der Waals surface area contributed by atoms with Gasteiger partial charge in [0.15, 0.2) is 0 Å². The lowest BCUT2D eigenvalue weighted by Crippen LogP contribution is -2.34. The first-order valence-corrected chi connectivity index (χ1v) is 8.10. The van der Waals surface area contributed by atoms with Crippen molar-refractivity contribution in [1.82, 2.24) is 0 Å². The molecule has 2 atom stereocenters. The average molecular weight is 326 g/mol. The summed E-state index contributed by atoms with van der Waals surface area (Å²) in [7, 11) is 0. The fourth-order valence-electron chi connectivity index (χ4n) is 2.54. The van der Waals surface area contributed by atoms with E-state index in [4.69, 9.17) is 14.6 Å². The molecule has 1 rings (SSSR count). The summed E-state index contributed by atoms with van der Waals surface area (Å²) in [6.07, 6.45) is 3.13. The van der Waals surface area contributed by atoms with Crippen molar-refractivity contribution in [2.75, 3.05) is 13.2 Å². The lowest BCUT2D eigenvalue weighted by molar-refractivity contribution is -0.160. The van der Waals surface area contributed by atoms with Gasteiger partial charge in [-0.2, -0.15) is 0 Å². The van der Waals surface area contributed by atoms with Crippen LogP contribution in [0.5, 0.6) is 0 Å². The Morgan fingerprint density at radius 2 is 1.65 bits per heavy atom. The van der Waals surface area contributed by atoms with Gasteiger partial charge >= 0.3 is 17.9 Å². The van der Waals surface area contributed by atoms with Crippen LogP contribution in [0.25, 0.3) is 0 Å². The number of hydrogen-bond acceptors (Lipinski definition) is 5. The number of aliphatic carboxylic acids is 1. The number of esters is 2. The van der Waals surface area contributed by atoms with Crippen molar-refractivity contribution in [3.63, 3.8) is 0 Å². The van der Waals surface area contributed by atoms with Gasteiger partial charge in [0.2, 0.25) is 0 Å². The second kappa shape index (κ2) is 9.33. The number of carboxylic acid groups (broad SMARTS) is 1. The van der Waals surface area contributed by atoms with E-state index in [1.54, 1.807) is 0 Å². The molecule has 0 saturated heterocycles. The summed E-state index contributed by atoms with van der Waals surface area (Å²) in [5.41, 5.74) is 0.411. The maximum Gasteiger partial charge on any atom is 0.333 e. The van der Waals surface area contributed by atoms with Crippen LogP contribution in [0, 0.1) is 17.8 Å². The summed E-state index contributed by atoms with van der Waals surface area (Å²) in [5.74, 6) is -3.03. The molecule has 23 heavy (non-hydrogen) atoms. The Kier molecular flexibility index (Phi) is 7.78. The summed E-state index contributed by atoms with van der Waals surface area (Å²) >= 11 is 0. The highest BCUT2D eigenvalue weighted by Gasteiger charge is 2.36. The summed E-state index contributed by atoms with van der Waals surface area (Å²) < 4.78 is 10.2. The molecular formula is C17H26O6. The van der Waals surface area contributed by atoms with Gasteiger partial charge in [-0.1, -0.05) is 33.3 Å². The predicted molar refractivity (Wildman–Crippen MR) is 83.6 cm³/mol. The van der Waals surface area contributed by atoms with E-state index in [9.17, 15) is 14.4 Å². The highest BCUT2D eigenvalue weighted by Crippen LogP contribution is 2.31. The highest BCUT2D eigenvalue weighted by atomic mass is 16.5. The lowest BCUT2D eigenvalue weighted by Gasteiger charge is -2.26. The lowest BCUT2D eigenvalue weighted by atomic mass is 9.79. The standard InChI is InChI=1S/C17H26O6/c1-11(2)12(3)16(20)22-9-6-10-23-17(21)14-8-5-4-7-13(14)15(18)19/h11,13-14H,3-10H2,1-2H3,(H,18,19). The van der Waals surface area contributed by atoms with Crippen molar-refractivity contribution in [1.29, 1.82) is 0 Å². The minimum absolute atomic E-state index is 0.0274. The van der Waals surface area contributed by atoms with E-state index in [1.807, 2.05) is 13.8 Å². The minimum atomic E-state index is -0.937. The van der Waals surface area contributed by atoms with Crippen molar-refractivity contribution < 1.29 is 29.0 Å². The Morgan fingerprint density at radius 1 is 1.09 bits per heavy atom. The zero-order valence-electron chi connectivity index (χ0n) is 13.9. The molecule has 0 radical (unpaired) electrons. The van der Waals surface area contributed by atoms with Crippen LogP contribution >= 0.6 is 0 Å². The molecule has 1 fully saturated rings. The van der Waals surface area contributed by atoms with Gasteiger partial charge in [-0.3, -0.25) is 9.59 Å². The van der Waals surface area contributed by atoms with Crippen molar-refractivity contribution in [3.8, 4) is 0 Å². The van der Waals surface area contributed by atoms with E-state index in [0.717, 1.165) is 12.8 Å². The fraction of sp³-hybridized carbons (Fsp3) is 0.706. The molecule has 0 amide bonds. The summed E-state index contributed by atoms with van der Waals surface area (Å²) in [6.45, 7) is 7.62. The summed E-state index contributed by atoms with van der Waals surface area (Å²) in [4.78, 5) is 34.7. The van der Waals surface area contributed by atoms with Gasteiger partial charge in [-0.25, -0.2) is 4.79 Å². The second-order valence-electron chi connectivity index (χ2n) is 6.17. The number of carbonyl (C=O) groups is 3. The molecule has 1 N–H and O–H groups in total. The first-order valence-electron chi connectivity index (χ1n) is 8.10. The van der Waals surface area contributed by atoms with E-state index < -0.39 is 29.7 Å². The van der Waals surface area contributed by atoms with Crippen molar-refractivity contribution in [2.45, 2.75) is 46.0 Å². The number of carbonyl (C=O) groups excluding carboxylic acids is 2. The Hall–Kier alpha value is -1.85. The first kappa shape index (κ1) is 19.2. The van der Waals surface area contributed by atoms with E-state index in [-0.39, 0.29) is 19.1 Å². The van der Waals surface area contributed by atoms with Crippen LogP contribution in [0.2, 0.25) is 0 Å². The molecule has 1 aliphatic carbocycles. The summed E-state index contributed by atoms with van der Waals surface area (Å²) in [6, 6.07) is 0. The molecule has 0 aromatic heterocycles. The largest absolute Gasteiger partial charge is 0.481 e. The molecule has 0 heterocycles. The van der Waals surface area contributed by atoms with Crippen LogP contribution in [-0.4, -0.2) is 36.2 Å². The number of carboxylic acids is 1. The molecule has 6 heteroatoms. The highest BCUT2D eigenvalue weighted by molar-refractivity contribution is 5.88. The van der Waals surface area contributed by atoms with Crippen LogP contribution in [0.1, 0.15) is 46.0 Å². The van der Waals surface area contributed by atoms with E-state index >= 15 is 0 Å². The monoisotopic (exact) mass is 326 g/mol. The first-order chi connectivity index (χ1) is 10.8. The second-order valence-corrected chi connectivity index (χ2v) is 6.17. The maximum absolute atomic E-state index is 12.0. The Bertz CT molecular complexity index is 454.